The Bertz CT molecular complexity index is 488. The summed E-state index contributed by atoms with van der Waals surface area (Å²) in [5, 5.41) is 5.95. The van der Waals surface area contributed by atoms with Gasteiger partial charge in [-0.1, -0.05) is 13.8 Å². The van der Waals surface area contributed by atoms with E-state index in [1.165, 1.54) is 0 Å². The van der Waals surface area contributed by atoms with Crippen molar-refractivity contribution in [2.75, 3.05) is 31.6 Å². The minimum absolute atomic E-state index is 0.00611. The normalized spacial score (nSPS) is 19.2. The summed E-state index contributed by atoms with van der Waals surface area (Å²) in [6, 6.07) is 1.75. The zero-order chi connectivity index (χ0) is 14.7. The fourth-order valence-electron chi connectivity index (χ4n) is 2.35. The second-order valence-corrected chi connectivity index (χ2v) is 5.42. The van der Waals surface area contributed by atoms with Gasteiger partial charge in [0.2, 0.25) is 11.9 Å². The van der Waals surface area contributed by atoms with Crippen molar-refractivity contribution in [3.05, 3.63) is 17.5 Å². The molecule has 1 aliphatic rings. The maximum Gasteiger partial charge on any atom is 0.243 e. The molecule has 2 rings (SSSR count). The summed E-state index contributed by atoms with van der Waals surface area (Å²) in [5.41, 5.74) is 1.95. The summed E-state index contributed by atoms with van der Waals surface area (Å²) in [5.74, 6) is 0.994. The minimum atomic E-state index is -0.254. The third-order valence-corrected chi connectivity index (χ3v) is 3.50. The number of likely N-dealkylation sites (N-methyl/N-ethyl adjacent to an activating group) is 1. The van der Waals surface area contributed by atoms with E-state index in [0.29, 0.717) is 18.4 Å². The number of carbonyl (C=O) groups excluding carboxylic acids is 1. The number of rotatable bonds is 3. The quantitative estimate of drug-likeness (QED) is 0.838. The van der Waals surface area contributed by atoms with E-state index in [-0.39, 0.29) is 11.9 Å². The van der Waals surface area contributed by atoms with Crippen LogP contribution in [0.1, 0.15) is 31.2 Å². The zero-order valence-corrected chi connectivity index (χ0v) is 12.6. The van der Waals surface area contributed by atoms with Gasteiger partial charge in [-0.25, -0.2) is 9.97 Å². The molecular formula is C14H23N5O. The second kappa shape index (κ2) is 6.17. The molecule has 2 heterocycles. The SMILES string of the molecule is CNC(=O)C1CNCCN1c1nc(C)cc(C(C)C)n1. The van der Waals surface area contributed by atoms with Crippen molar-refractivity contribution in [2.45, 2.75) is 32.7 Å². The van der Waals surface area contributed by atoms with Crippen molar-refractivity contribution >= 4 is 11.9 Å². The lowest BCUT2D eigenvalue weighted by molar-refractivity contribution is -0.122. The molecule has 0 radical (unpaired) electrons. The third-order valence-electron chi connectivity index (χ3n) is 3.50. The van der Waals surface area contributed by atoms with Crippen molar-refractivity contribution in [1.29, 1.82) is 0 Å². The van der Waals surface area contributed by atoms with Gasteiger partial charge in [-0.05, 0) is 18.9 Å². The highest BCUT2D eigenvalue weighted by atomic mass is 16.2. The Morgan fingerprint density at radius 3 is 2.90 bits per heavy atom. The second-order valence-electron chi connectivity index (χ2n) is 5.42. The summed E-state index contributed by atoms with van der Waals surface area (Å²) in [6.45, 7) is 8.38. The molecule has 6 heteroatoms. The van der Waals surface area contributed by atoms with Crippen LogP contribution >= 0.6 is 0 Å². The van der Waals surface area contributed by atoms with Crippen LogP contribution in [-0.4, -0.2) is 48.6 Å². The van der Waals surface area contributed by atoms with Crippen LogP contribution in [0.4, 0.5) is 5.95 Å². The number of hydrogen-bond acceptors (Lipinski definition) is 5. The Labute approximate surface area is 120 Å². The van der Waals surface area contributed by atoms with E-state index in [2.05, 4.69) is 34.4 Å². The van der Waals surface area contributed by atoms with Gasteiger partial charge in [-0.3, -0.25) is 4.79 Å². The van der Waals surface area contributed by atoms with Crippen LogP contribution < -0.4 is 15.5 Å². The van der Waals surface area contributed by atoms with Crippen molar-refractivity contribution in [1.82, 2.24) is 20.6 Å². The van der Waals surface area contributed by atoms with Crippen LogP contribution in [0.5, 0.6) is 0 Å². The predicted molar refractivity (Wildman–Crippen MR) is 78.9 cm³/mol. The summed E-state index contributed by atoms with van der Waals surface area (Å²) >= 11 is 0. The van der Waals surface area contributed by atoms with Gasteiger partial charge in [-0.2, -0.15) is 0 Å². The number of aryl methyl sites for hydroxylation is 1. The topological polar surface area (TPSA) is 70.2 Å². The summed E-state index contributed by atoms with van der Waals surface area (Å²) < 4.78 is 0. The van der Waals surface area contributed by atoms with Crippen LogP contribution in [0.3, 0.4) is 0 Å². The molecule has 20 heavy (non-hydrogen) atoms. The molecule has 0 spiro atoms. The molecule has 1 fully saturated rings. The maximum absolute atomic E-state index is 12.0. The Morgan fingerprint density at radius 1 is 1.50 bits per heavy atom. The number of nitrogens with zero attached hydrogens (tertiary/aromatic N) is 3. The molecule has 2 N–H and O–H groups in total. The van der Waals surface area contributed by atoms with E-state index in [1.807, 2.05) is 17.9 Å². The van der Waals surface area contributed by atoms with Gasteiger partial charge < -0.3 is 15.5 Å². The lowest BCUT2D eigenvalue weighted by Gasteiger charge is -2.35. The van der Waals surface area contributed by atoms with E-state index < -0.39 is 0 Å². The Hall–Kier alpha value is -1.69. The van der Waals surface area contributed by atoms with E-state index in [0.717, 1.165) is 24.5 Å². The first-order valence-corrected chi connectivity index (χ1v) is 7.07. The number of piperazine rings is 1. The molecular weight excluding hydrogens is 254 g/mol. The molecule has 0 bridgehead atoms. The average Bonchev–Trinajstić information content (AvgIpc) is 2.45. The Morgan fingerprint density at radius 2 is 2.25 bits per heavy atom. The first-order chi connectivity index (χ1) is 9.52. The van der Waals surface area contributed by atoms with Gasteiger partial charge in [-0.15, -0.1) is 0 Å². The van der Waals surface area contributed by atoms with Gasteiger partial charge in [0.05, 0.1) is 0 Å². The number of anilines is 1. The highest BCUT2D eigenvalue weighted by Gasteiger charge is 2.30. The van der Waals surface area contributed by atoms with Crippen molar-refractivity contribution in [3.63, 3.8) is 0 Å². The standard InChI is InChI=1S/C14H23N5O/c1-9(2)11-7-10(3)17-14(18-11)19-6-5-16-8-12(19)13(20)15-4/h7,9,12,16H,5-6,8H2,1-4H3,(H,15,20). The van der Waals surface area contributed by atoms with Gasteiger partial charge in [0.25, 0.3) is 0 Å². The Balaban J connectivity index is 2.34. The van der Waals surface area contributed by atoms with Gasteiger partial charge in [0.15, 0.2) is 0 Å². The lowest BCUT2D eigenvalue weighted by Crippen LogP contribution is -2.58. The molecule has 0 saturated carbocycles. The molecule has 6 nitrogen and oxygen atoms in total. The monoisotopic (exact) mass is 277 g/mol. The van der Waals surface area contributed by atoms with Gasteiger partial charge in [0, 0.05) is 38.1 Å². The first kappa shape index (κ1) is 14.7. The van der Waals surface area contributed by atoms with Crippen LogP contribution in [-0.2, 0) is 4.79 Å². The summed E-state index contributed by atoms with van der Waals surface area (Å²) in [4.78, 5) is 23.1. The van der Waals surface area contributed by atoms with Crippen molar-refractivity contribution in [3.8, 4) is 0 Å². The zero-order valence-electron chi connectivity index (χ0n) is 12.6. The molecule has 1 aliphatic heterocycles. The fourth-order valence-corrected chi connectivity index (χ4v) is 2.35. The minimum Gasteiger partial charge on any atom is -0.357 e. The number of aromatic nitrogens is 2. The molecule has 0 aliphatic carbocycles. The highest BCUT2D eigenvalue weighted by Crippen LogP contribution is 2.19. The smallest absolute Gasteiger partial charge is 0.243 e. The van der Waals surface area contributed by atoms with Crippen molar-refractivity contribution < 1.29 is 4.79 Å². The number of carbonyl (C=O) groups is 1. The summed E-state index contributed by atoms with van der Waals surface area (Å²) in [6.07, 6.45) is 0. The number of amides is 1. The van der Waals surface area contributed by atoms with Crippen molar-refractivity contribution in [2.24, 2.45) is 0 Å². The molecule has 110 valence electrons. The average molecular weight is 277 g/mol. The molecule has 1 atom stereocenters. The molecule has 0 aromatic carbocycles. The lowest BCUT2D eigenvalue weighted by atomic mass is 10.1. The summed E-state index contributed by atoms with van der Waals surface area (Å²) in [7, 11) is 1.66. The van der Waals surface area contributed by atoms with E-state index in [1.54, 1.807) is 7.05 Å². The Kier molecular flexibility index (Phi) is 4.54. The molecule has 1 saturated heterocycles. The number of nitrogens with one attached hydrogen (secondary N) is 2. The molecule has 1 amide bonds. The van der Waals surface area contributed by atoms with E-state index in [4.69, 9.17) is 0 Å². The largest absolute Gasteiger partial charge is 0.357 e. The van der Waals surface area contributed by atoms with Crippen LogP contribution in [0.2, 0.25) is 0 Å². The molecule has 1 aromatic rings. The van der Waals surface area contributed by atoms with Gasteiger partial charge in [0.1, 0.15) is 6.04 Å². The third kappa shape index (κ3) is 3.07. The van der Waals surface area contributed by atoms with Crippen LogP contribution in [0, 0.1) is 6.92 Å². The van der Waals surface area contributed by atoms with E-state index in [9.17, 15) is 4.79 Å². The number of hydrogen-bond donors (Lipinski definition) is 2. The first-order valence-electron chi connectivity index (χ1n) is 7.07. The predicted octanol–water partition coefficient (Wildman–Crippen LogP) is 0.433. The maximum atomic E-state index is 12.0. The fraction of sp³-hybridized carbons (Fsp3) is 0.643. The highest BCUT2D eigenvalue weighted by molar-refractivity contribution is 5.85. The molecule has 1 aromatic heterocycles. The molecule has 1 unspecified atom stereocenters. The van der Waals surface area contributed by atoms with Crippen LogP contribution in [0.25, 0.3) is 0 Å². The van der Waals surface area contributed by atoms with Gasteiger partial charge >= 0.3 is 0 Å². The van der Waals surface area contributed by atoms with E-state index >= 15 is 0 Å². The van der Waals surface area contributed by atoms with Crippen LogP contribution in [0.15, 0.2) is 6.07 Å².